The molecule has 0 spiro atoms. The van der Waals surface area contributed by atoms with Crippen molar-refractivity contribution in [1.29, 1.82) is 0 Å². The average molecular weight is 345 g/mol. The highest BCUT2D eigenvalue weighted by atomic mass is 16.6. The van der Waals surface area contributed by atoms with E-state index in [1.54, 1.807) is 0 Å². The predicted molar refractivity (Wildman–Crippen MR) is 95.4 cm³/mol. The van der Waals surface area contributed by atoms with E-state index < -0.39 is 11.0 Å². The molecular weight excluding hydrogens is 322 g/mol. The fourth-order valence-corrected chi connectivity index (χ4v) is 2.61. The van der Waals surface area contributed by atoms with Crippen LogP contribution >= 0.6 is 0 Å². The number of rotatable bonds is 6. The molecule has 1 aliphatic heterocycles. The average Bonchev–Trinajstić information content (AvgIpc) is 3.10. The van der Waals surface area contributed by atoms with Crippen LogP contribution in [0.1, 0.15) is 26.7 Å². The third-order valence-electron chi connectivity index (χ3n) is 3.93. The Balaban J connectivity index is 1.84. The summed E-state index contributed by atoms with van der Waals surface area (Å²) in [5.74, 6) is 0.255. The Bertz CT molecular complexity index is 661. The van der Waals surface area contributed by atoms with Crippen molar-refractivity contribution >= 4 is 11.8 Å². The van der Waals surface area contributed by atoms with Crippen molar-refractivity contribution < 1.29 is 14.5 Å². The molecule has 0 aliphatic carbocycles. The number of amides is 1. The first-order valence-corrected chi connectivity index (χ1v) is 8.32. The van der Waals surface area contributed by atoms with Crippen LogP contribution in [0.5, 0.6) is 5.75 Å². The lowest BCUT2D eigenvalue weighted by molar-refractivity contribution is -0.384. The number of likely N-dealkylation sites (tertiary alicyclic amines) is 1. The van der Waals surface area contributed by atoms with Crippen LogP contribution in [0.15, 0.2) is 48.2 Å². The van der Waals surface area contributed by atoms with Crippen LogP contribution in [0.3, 0.4) is 0 Å². The van der Waals surface area contributed by atoms with Gasteiger partial charge in [-0.1, -0.05) is 12.2 Å². The van der Waals surface area contributed by atoms with E-state index >= 15 is 0 Å². The maximum Gasteiger partial charge on any atom is 0.413 e. The van der Waals surface area contributed by atoms with Crippen molar-refractivity contribution in [3.8, 4) is 5.75 Å². The molecule has 2 rings (SSSR count). The van der Waals surface area contributed by atoms with E-state index in [9.17, 15) is 14.9 Å². The lowest BCUT2D eigenvalue weighted by Crippen LogP contribution is -2.33. The highest BCUT2D eigenvalue weighted by Gasteiger charge is 2.13. The molecular formula is C18H23N3O4. The number of ether oxygens (including phenoxy) is 1. The Morgan fingerprint density at radius 3 is 2.52 bits per heavy atom. The summed E-state index contributed by atoms with van der Waals surface area (Å²) in [6.45, 7) is 5.98. The van der Waals surface area contributed by atoms with Gasteiger partial charge in [-0.05, 0) is 44.9 Å². The highest BCUT2D eigenvalue weighted by Crippen LogP contribution is 2.18. The number of carbonyl (C=O) groups is 1. The largest absolute Gasteiger partial charge is 0.413 e. The topological polar surface area (TPSA) is 84.7 Å². The van der Waals surface area contributed by atoms with Crippen LogP contribution in [0.25, 0.3) is 0 Å². The summed E-state index contributed by atoms with van der Waals surface area (Å²) in [5.41, 5.74) is 1.10. The molecule has 1 atom stereocenters. The molecule has 1 aromatic carbocycles. The van der Waals surface area contributed by atoms with Crippen LogP contribution in [-0.2, 0) is 0 Å². The normalized spacial score (nSPS) is 16.1. The number of non-ortho nitro benzene ring substituents is 1. The van der Waals surface area contributed by atoms with Gasteiger partial charge in [-0.3, -0.25) is 10.1 Å². The van der Waals surface area contributed by atoms with Gasteiger partial charge in [-0.25, -0.2) is 4.79 Å². The second-order valence-corrected chi connectivity index (χ2v) is 5.84. The summed E-state index contributed by atoms with van der Waals surface area (Å²) in [4.78, 5) is 24.3. The third-order valence-corrected chi connectivity index (χ3v) is 3.93. The van der Waals surface area contributed by atoms with Crippen molar-refractivity contribution in [2.45, 2.75) is 32.7 Å². The predicted octanol–water partition coefficient (Wildman–Crippen LogP) is 3.63. The lowest BCUT2D eigenvalue weighted by atomic mass is 10.2. The van der Waals surface area contributed by atoms with E-state index in [1.807, 2.05) is 26.0 Å². The second kappa shape index (κ2) is 8.86. The molecule has 1 N–H and O–H groups in total. The zero-order chi connectivity index (χ0) is 18.2. The fraction of sp³-hybridized carbons (Fsp3) is 0.389. The van der Waals surface area contributed by atoms with E-state index in [2.05, 4.69) is 16.3 Å². The zero-order valence-electron chi connectivity index (χ0n) is 14.5. The van der Waals surface area contributed by atoms with Crippen LogP contribution in [0.4, 0.5) is 10.5 Å². The van der Waals surface area contributed by atoms with Crippen LogP contribution in [0.2, 0.25) is 0 Å². The minimum absolute atomic E-state index is 0.0511. The van der Waals surface area contributed by atoms with Gasteiger partial charge in [-0.15, -0.1) is 0 Å². The second-order valence-electron chi connectivity index (χ2n) is 5.84. The molecule has 1 heterocycles. The number of carbonyl (C=O) groups excluding carboxylic acids is 1. The number of nitro groups is 1. The molecule has 7 nitrogen and oxygen atoms in total. The summed E-state index contributed by atoms with van der Waals surface area (Å²) in [5, 5.41) is 13.3. The van der Waals surface area contributed by atoms with Crippen LogP contribution < -0.4 is 10.1 Å². The van der Waals surface area contributed by atoms with Gasteiger partial charge in [0.25, 0.3) is 5.69 Å². The Kier molecular flexibility index (Phi) is 6.56. The quantitative estimate of drug-likeness (QED) is 0.483. The maximum atomic E-state index is 11.9. The number of nitrogens with zero attached hydrogens (tertiary/aromatic N) is 2. The van der Waals surface area contributed by atoms with Crippen molar-refractivity contribution in [3.05, 3.63) is 58.3 Å². The Hall–Kier alpha value is -2.83. The van der Waals surface area contributed by atoms with E-state index in [4.69, 9.17) is 4.74 Å². The van der Waals surface area contributed by atoms with Gasteiger partial charge in [0.2, 0.25) is 0 Å². The minimum Gasteiger partial charge on any atom is -0.410 e. The van der Waals surface area contributed by atoms with Gasteiger partial charge in [0, 0.05) is 37.0 Å². The number of nitrogens with one attached hydrogen (secondary N) is 1. The molecule has 0 radical (unpaired) electrons. The van der Waals surface area contributed by atoms with Gasteiger partial charge in [0.15, 0.2) is 0 Å². The molecule has 1 saturated heterocycles. The van der Waals surface area contributed by atoms with Crippen LogP contribution in [0, 0.1) is 10.1 Å². The smallest absolute Gasteiger partial charge is 0.410 e. The van der Waals surface area contributed by atoms with E-state index in [1.165, 1.54) is 37.1 Å². The number of allylic oxidation sites excluding steroid dienone is 2. The molecule has 1 fully saturated rings. The van der Waals surface area contributed by atoms with Gasteiger partial charge in [-0.2, -0.15) is 0 Å². The summed E-state index contributed by atoms with van der Waals surface area (Å²) >= 11 is 0. The van der Waals surface area contributed by atoms with Crippen molar-refractivity contribution in [1.82, 2.24) is 10.2 Å². The Morgan fingerprint density at radius 2 is 1.96 bits per heavy atom. The molecule has 1 unspecified atom stereocenters. The van der Waals surface area contributed by atoms with Crippen molar-refractivity contribution in [3.63, 3.8) is 0 Å². The number of benzene rings is 1. The van der Waals surface area contributed by atoms with Crippen molar-refractivity contribution in [2.24, 2.45) is 0 Å². The molecule has 1 aliphatic rings. The first kappa shape index (κ1) is 18.5. The lowest BCUT2D eigenvalue weighted by Gasteiger charge is -2.19. The van der Waals surface area contributed by atoms with Gasteiger partial charge in [0.05, 0.1) is 4.92 Å². The van der Waals surface area contributed by atoms with E-state index in [-0.39, 0.29) is 17.5 Å². The van der Waals surface area contributed by atoms with Gasteiger partial charge < -0.3 is 15.0 Å². The van der Waals surface area contributed by atoms with Crippen molar-refractivity contribution in [2.75, 3.05) is 13.1 Å². The number of nitro benzene ring substituents is 1. The molecule has 0 aromatic heterocycles. The third kappa shape index (κ3) is 5.63. The van der Waals surface area contributed by atoms with Crippen LogP contribution in [-0.4, -0.2) is 35.0 Å². The number of hydrogen-bond acceptors (Lipinski definition) is 5. The highest BCUT2D eigenvalue weighted by molar-refractivity contribution is 5.71. The zero-order valence-corrected chi connectivity index (χ0v) is 14.5. The molecule has 25 heavy (non-hydrogen) atoms. The summed E-state index contributed by atoms with van der Waals surface area (Å²) < 4.78 is 5.12. The molecule has 0 bridgehead atoms. The number of hydrogen-bond donors (Lipinski definition) is 1. The van der Waals surface area contributed by atoms with Gasteiger partial charge in [0.1, 0.15) is 5.75 Å². The Labute approximate surface area is 147 Å². The summed E-state index contributed by atoms with van der Waals surface area (Å²) in [6.07, 6.45) is 7.78. The molecule has 0 saturated carbocycles. The van der Waals surface area contributed by atoms with E-state index in [0.29, 0.717) is 0 Å². The Morgan fingerprint density at radius 1 is 1.32 bits per heavy atom. The first-order chi connectivity index (χ1) is 12.0. The molecule has 1 aromatic rings. The summed E-state index contributed by atoms with van der Waals surface area (Å²) in [7, 11) is 0. The first-order valence-electron chi connectivity index (χ1n) is 8.32. The monoisotopic (exact) mass is 345 g/mol. The molecule has 7 heteroatoms. The maximum absolute atomic E-state index is 11.9. The van der Waals surface area contributed by atoms with Gasteiger partial charge >= 0.3 is 6.09 Å². The minimum atomic E-state index is -0.603. The standard InChI is InChI=1S/C18H23N3O4/c1-3-15(20-12-4-5-13-20)7-6-14(2)19-18(22)25-17-10-8-16(9-11-17)21(23)24/h3,6-11,14H,4-5,12-13H2,1-2H3,(H,19,22)/b7-6-,15-3+. The molecule has 134 valence electrons. The molecule has 1 amide bonds. The summed E-state index contributed by atoms with van der Waals surface area (Å²) in [6, 6.07) is 5.16. The fourth-order valence-electron chi connectivity index (χ4n) is 2.61. The van der Waals surface area contributed by atoms with E-state index in [0.717, 1.165) is 18.8 Å². The SMILES string of the molecule is C/C=C(\C=C/C(C)NC(=O)Oc1ccc([N+](=O)[O-])cc1)N1CCCC1.